The van der Waals surface area contributed by atoms with Crippen LogP contribution in [0.4, 0.5) is 5.69 Å². The molecule has 5 nitrogen and oxygen atoms in total. The van der Waals surface area contributed by atoms with Crippen molar-refractivity contribution in [1.29, 1.82) is 0 Å². The van der Waals surface area contributed by atoms with Gasteiger partial charge in [0, 0.05) is 18.2 Å². The number of aromatic nitrogens is 2. The van der Waals surface area contributed by atoms with Gasteiger partial charge in [0.05, 0.1) is 10.9 Å². The van der Waals surface area contributed by atoms with Crippen molar-refractivity contribution in [1.82, 2.24) is 9.97 Å². The van der Waals surface area contributed by atoms with Gasteiger partial charge in [0.25, 0.3) is 5.56 Å². The molecule has 1 aromatic carbocycles. The largest absolute Gasteiger partial charge is 0.384 e. The number of anilines is 1. The van der Waals surface area contributed by atoms with E-state index in [0.29, 0.717) is 17.4 Å². The summed E-state index contributed by atoms with van der Waals surface area (Å²) in [7, 11) is 0. The fraction of sp³-hybridized carbons (Fsp3) is 0.0714. The lowest BCUT2D eigenvalue weighted by atomic mass is 10.1. The lowest BCUT2D eigenvalue weighted by Crippen LogP contribution is -2.22. The van der Waals surface area contributed by atoms with Crippen LogP contribution in [0.15, 0.2) is 27.8 Å². The lowest BCUT2D eigenvalue weighted by molar-refractivity contribution is 1.08. The Hall–Kier alpha value is -2.04. The fourth-order valence-electron chi connectivity index (χ4n) is 2.01. The second-order valence-corrected chi connectivity index (χ2v) is 4.32. The molecule has 0 saturated heterocycles. The average Bonchev–Trinajstić information content (AvgIpc) is 2.89. The number of benzene rings is 1. The Morgan fingerprint density at radius 2 is 1.84 bits per heavy atom. The number of hydrogen-bond acceptors (Lipinski definition) is 3. The zero-order chi connectivity index (χ0) is 13.2. The molecule has 3 N–H and O–H groups in total. The van der Waals surface area contributed by atoms with E-state index in [0.717, 1.165) is 5.69 Å². The molecule has 1 fully saturated rings. The van der Waals surface area contributed by atoms with Crippen LogP contribution in [0.1, 0.15) is 0 Å². The number of hydrogen-bond donors (Lipinski definition) is 3. The molecule has 0 atom stereocenters. The number of nitrogens with one attached hydrogen (secondary N) is 3. The van der Waals surface area contributed by atoms with E-state index < -0.39 is 5.69 Å². The van der Waals surface area contributed by atoms with Crippen LogP contribution in [0, 0.1) is 31.6 Å². The molecule has 5 radical (unpaired) electrons. The first-order valence-electron chi connectivity index (χ1n) is 5.93. The molecule has 1 heterocycles. The van der Waals surface area contributed by atoms with Gasteiger partial charge in [-0.2, -0.15) is 0 Å². The van der Waals surface area contributed by atoms with Gasteiger partial charge in [-0.15, -0.1) is 0 Å². The van der Waals surface area contributed by atoms with Crippen molar-refractivity contribution in [2.75, 3.05) is 11.9 Å². The van der Waals surface area contributed by atoms with E-state index >= 15 is 0 Å². The summed E-state index contributed by atoms with van der Waals surface area (Å²) in [6.45, 7) is 0.694. The van der Waals surface area contributed by atoms with Gasteiger partial charge in [-0.3, -0.25) is 9.78 Å². The normalized spacial score (nSPS) is 16.0. The standard InChI is InChI=1S/C14H12N3O2/c18-13-11-7-10(15-8-9-3-1-2-4-9)5-6-12(11)16-14(19)17-13/h1-7,15H,8H2,(H2,16,17,18,19). The summed E-state index contributed by atoms with van der Waals surface area (Å²) in [6.07, 6.45) is 8.01. The van der Waals surface area contributed by atoms with Crippen LogP contribution in [0.5, 0.6) is 0 Å². The minimum atomic E-state index is -0.491. The van der Waals surface area contributed by atoms with Crippen LogP contribution >= 0.6 is 0 Å². The monoisotopic (exact) mass is 254 g/mol. The summed E-state index contributed by atoms with van der Waals surface area (Å²) in [4.78, 5) is 27.6. The second kappa shape index (κ2) is 4.91. The Balaban J connectivity index is 1.84. The molecule has 1 saturated carbocycles. The first-order chi connectivity index (χ1) is 9.22. The smallest absolute Gasteiger partial charge is 0.326 e. The molecule has 0 unspecified atom stereocenters. The van der Waals surface area contributed by atoms with Gasteiger partial charge in [-0.25, -0.2) is 4.79 Å². The topological polar surface area (TPSA) is 77.8 Å². The van der Waals surface area contributed by atoms with E-state index in [1.807, 2.05) is 31.7 Å². The quantitative estimate of drug-likeness (QED) is 0.765. The van der Waals surface area contributed by atoms with Gasteiger partial charge in [-0.05, 0) is 43.9 Å². The zero-order valence-corrected chi connectivity index (χ0v) is 10.1. The maximum absolute atomic E-state index is 11.7. The number of fused-ring (bicyclic) bond motifs is 1. The number of aromatic amines is 2. The number of H-pyrrole nitrogens is 2. The van der Waals surface area contributed by atoms with E-state index in [1.54, 1.807) is 12.1 Å². The molecule has 2 aromatic rings. The van der Waals surface area contributed by atoms with Crippen molar-refractivity contribution in [3.63, 3.8) is 0 Å². The molecule has 0 aliphatic heterocycles. The van der Waals surface area contributed by atoms with Gasteiger partial charge >= 0.3 is 5.69 Å². The van der Waals surface area contributed by atoms with Crippen LogP contribution in [-0.2, 0) is 0 Å². The highest BCUT2D eigenvalue weighted by atomic mass is 16.2. The maximum atomic E-state index is 11.7. The van der Waals surface area contributed by atoms with E-state index in [-0.39, 0.29) is 5.56 Å². The van der Waals surface area contributed by atoms with Crippen LogP contribution in [0.3, 0.4) is 0 Å². The van der Waals surface area contributed by atoms with Gasteiger partial charge in [0.2, 0.25) is 0 Å². The Bertz CT molecular complexity index is 696. The summed E-state index contributed by atoms with van der Waals surface area (Å²) in [5.41, 5.74) is 0.504. The first kappa shape index (κ1) is 12.0. The van der Waals surface area contributed by atoms with E-state index in [9.17, 15) is 9.59 Å². The zero-order valence-electron chi connectivity index (χ0n) is 10.1. The minimum Gasteiger partial charge on any atom is -0.384 e. The molecule has 95 valence electrons. The second-order valence-electron chi connectivity index (χ2n) is 4.32. The third-order valence-corrected chi connectivity index (χ3v) is 2.97. The van der Waals surface area contributed by atoms with Crippen molar-refractivity contribution in [3.8, 4) is 0 Å². The Morgan fingerprint density at radius 3 is 2.63 bits per heavy atom. The highest BCUT2D eigenvalue weighted by Gasteiger charge is 2.16. The molecule has 19 heavy (non-hydrogen) atoms. The van der Waals surface area contributed by atoms with Crippen molar-refractivity contribution < 1.29 is 0 Å². The average molecular weight is 254 g/mol. The summed E-state index contributed by atoms with van der Waals surface area (Å²) in [6, 6.07) is 5.28. The minimum absolute atomic E-state index is 0.379. The first-order valence-corrected chi connectivity index (χ1v) is 5.93. The van der Waals surface area contributed by atoms with Crippen molar-refractivity contribution in [2.24, 2.45) is 0 Å². The highest BCUT2D eigenvalue weighted by Crippen LogP contribution is 2.23. The van der Waals surface area contributed by atoms with Crippen molar-refractivity contribution in [2.45, 2.75) is 0 Å². The third-order valence-electron chi connectivity index (χ3n) is 2.97. The molecular weight excluding hydrogens is 242 g/mol. The third kappa shape index (κ3) is 2.54. The Morgan fingerprint density at radius 1 is 1.05 bits per heavy atom. The fourth-order valence-corrected chi connectivity index (χ4v) is 2.01. The predicted molar refractivity (Wildman–Crippen MR) is 74.1 cm³/mol. The summed E-state index contributed by atoms with van der Waals surface area (Å²) >= 11 is 0. The molecule has 1 aromatic heterocycles. The van der Waals surface area contributed by atoms with Gasteiger partial charge in [-0.1, -0.05) is 0 Å². The maximum Gasteiger partial charge on any atom is 0.326 e. The van der Waals surface area contributed by atoms with Crippen molar-refractivity contribution in [3.05, 3.63) is 70.6 Å². The van der Waals surface area contributed by atoms with Gasteiger partial charge in [0.1, 0.15) is 0 Å². The Kier molecular flexibility index (Phi) is 3.11. The van der Waals surface area contributed by atoms with E-state index in [2.05, 4.69) is 15.3 Å². The molecule has 0 amide bonds. The van der Waals surface area contributed by atoms with Crippen LogP contribution < -0.4 is 16.6 Å². The van der Waals surface area contributed by atoms with Crippen molar-refractivity contribution >= 4 is 16.6 Å². The van der Waals surface area contributed by atoms with E-state index in [4.69, 9.17) is 0 Å². The van der Waals surface area contributed by atoms with E-state index in [1.165, 1.54) is 5.92 Å². The molecule has 0 bridgehead atoms. The number of rotatable bonds is 3. The highest BCUT2D eigenvalue weighted by molar-refractivity contribution is 5.81. The van der Waals surface area contributed by atoms with Crippen LogP contribution in [-0.4, -0.2) is 16.5 Å². The molecule has 1 aliphatic rings. The molecule has 3 rings (SSSR count). The lowest BCUT2D eigenvalue weighted by Gasteiger charge is -2.11. The molecule has 1 aliphatic carbocycles. The Labute approximate surface area is 110 Å². The van der Waals surface area contributed by atoms with Gasteiger partial charge in [0.15, 0.2) is 0 Å². The van der Waals surface area contributed by atoms with Gasteiger partial charge < -0.3 is 10.3 Å². The molecular formula is C14H12N3O2. The summed E-state index contributed by atoms with van der Waals surface area (Å²) < 4.78 is 0. The molecule has 5 heteroatoms. The summed E-state index contributed by atoms with van der Waals surface area (Å²) in [5, 5.41) is 3.70. The van der Waals surface area contributed by atoms with Crippen LogP contribution in [0.2, 0.25) is 0 Å². The molecule has 0 spiro atoms. The SMILES string of the molecule is O=c1[nH]c(=O)c2cc(NC[C]3[CH][CH][CH][CH]3)ccc2[nH]1. The summed E-state index contributed by atoms with van der Waals surface area (Å²) in [5.74, 6) is 1.18. The predicted octanol–water partition coefficient (Wildman–Crippen LogP) is 1.03. The van der Waals surface area contributed by atoms with Crippen LogP contribution in [0.25, 0.3) is 10.9 Å².